The summed E-state index contributed by atoms with van der Waals surface area (Å²) in [5.74, 6) is 0. The number of pyridine rings is 1. The molecule has 0 spiro atoms. The Morgan fingerprint density at radius 1 is 1.45 bits per heavy atom. The van der Waals surface area contributed by atoms with Gasteiger partial charge in [0.15, 0.2) is 5.69 Å². The van der Waals surface area contributed by atoms with Gasteiger partial charge in [0.05, 0.1) is 17.6 Å². The van der Waals surface area contributed by atoms with Crippen LogP contribution in [0.3, 0.4) is 0 Å². The lowest BCUT2D eigenvalue weighted by Crippen LogP contribution is -2.49. The number of ether oxygens (including phenoxy) is 1. The van der Waals surface area contributed by atoms with Crippen molar-refractivity contribution >= 4 is 23.2 Å². The van der Waals surface area contributed by atoms with Gasteiger partial charge in [-0.3, -0.25) is 4.99 Å². The van der Waals surface area contributed by atoms with Crippen molar-refractivity contribution < 1.29 is 9.53 Å². The van der Waals surface area contributed by atoms with E-state index in [-0.39, 0.29) is 12.1 Å². The molecule has 0 bridgehead atoms. The number of fused-ring (bicyclic) bond motifs is 3. The summed E-state index contributed by atoms with van der Waals surface area (Å²) in [6.45, 7) is 9.06. The van der Waals surface area contributed by atoms with Gasteiger partial charge in [0.25, 0.3) is 0 Å². The highest BCUT2D eigenvalue weighted by molar-refractivity contribution is 5.99. The maximum Gasteiger partial charge on any atom is 0.407 e. The number of nitriles is 1. The van der Waals surface area contributed by atoms with Gasteiger partial charge in [-0.25, -0.2) is 9.78 Å². The number of hydrogen-bond acceptors (Lipinski definition) is 7. The molecule has 4 heterocycles. The molecule has 0 radical (unpaired) electrons. The molecule has 8 nitrogen and oxygen atoms in total. The molecular weight excluding hydrogens is 368 g/mol. The topological polar surface area (TPSA) is 103 Å². The summed E-state index contributed by atoms with van der Waals surface area (Å²) in [4.78, 5) is 23.5. The van der Waals surface area contributed by atoms with E-state index < -0.39 is 11.7 Å². The van der Waals surface area contributed by atoms with Crippen LogP contribution in [0.2, 0.25) is 0 Å². The predicted molar refractivity (Wildman–Crippen MR) is 111 cm³/mol. The molecule has 152 valence electrons. The number of nitrogens with one attached hydrogen (secondary N) is 2. The van der Waals surface area contributed by atoms with Crippen molar-refractivity contribution in [3.05, 3.63) is 29.2 Å². The van der Waals surface area contributed by atoms with E-state index in [9.17, 15) is 10.1 Å². The first-order valence-corrected chi connectivity index (χ1v) is 9.95. The smallest absolute Gasteiger partial charge is 0.407 e. The van der Waals surface area contributed by atoms with Crippen molar-refractivity contribution in [3.8, 4) is 6.07 Å². The van der Waals surface area contributed by atoms with Gasteiger partial charge >= 0.3 is 6.09 Å². The number of amides is 1. The highest BCUT2D eigenvalue weighted by atomic mass is 16.6. The van der Waals surface area contributed by atoms with Crippen LogP contribution in [-0.4, -0.2) is 41.5 Å². The summed E-state index contributed by atoms with van der Waals surface area (Å²) < 4.78 is 5.40. The minimum atomic E-state index is -0.525. The second kappa shape index (κ2) is 7.07. The van der Waals surface area contributed by atoms with Gasteiger partial charge in [0.2, 0.25) is 0 Å². The fraction of sp³-hybridized carbons (Fsp3) is 0.524. The molecule has 0 aliphatic carbocycles. The lowest BCUT2D eigenvalue weighted by atomic mass is 10.0. The minimum Gasteiger partial charge on any atom is -0.444 e. The maximum absolute atomic E-state index is 12.2. The molecule has 1 saturated heterocycles. The molecule has 2 atom stereocenters. The third-order valence-electron chi connectivity index (χ3n) is 5.22. The lowest BCUT2D eigenvalue weighted by molar-refractivity contribution is 0.0500. The third kappa shape index (κ3) is 3.77. The standard InChI is InChI=1S/C21H26N6O2/c1-12-8-14-18(24-12)17-16(10-23-15(9-22)19(17)26-14)27-7-5-6-13(11-27)25-20(28)29-21(2,3)4/h8,10,13,18,26H,5-7,11H2,1-4H3,(H,25,28)/t13-,18?/m1/s1. The van der Waals surface area contributed by atoms with E-state index in [4.69, 9.17) is 9.73 Å². The first kappa shape index (κ1) is 19.2. The molecule has 1 aromatic heterocycles. The summed E-state index contributed by atoms with van der Waals surface area (Å²) in [5, 5.41) is 15.8. The Morgan fingerprint density at radius 3 is 2.97 bits per heavy atom. The molecular formula is C21H26N6O2. The average Bonchev–Trinajstić information content (AvgIpc) is 3.15. The molecule has 3 aliphatic rings. The Bertz CT molecular complexity index is 953. The molecule has 29 heavy (non-hydrogen) atoms. The molecule has 0 aromatic carbocycles. The van der Waals surface area contributed by atoms with Crippen LogP contribution in [0.4, 0.5) is 16.2 Å². The average molecular weight is 394 g/mol. The van der Waals surface area contributed by atoms with Crippen LogP contribution in [-0.2, 0) is 4.74 Å². The van der Waals surface area contributed by atoms with Gasteiger partial charge in [-0.15, -0.1) is 0 Å². The Kier molecular flexibility index (Phi) is 4.69. The zero-order valence-electron chi connectivity index (χ0n) is 17.2. The van der Waals surface area contributed by atoms with E-state index in [1.165, 1.54) is 0 Å². The van der Waals surface area contributed by atoms with E-state index in [1.54, 1.807) is 6.20 Å². The zero-order valence-corrected chi connectivity index (χ0v) is 17.2. The van der Waals surface area contributed by atoms with Crippen molar-refractivity contribution in [1.82, 2.24) is 10.3 Å². The summed E-state index contributed by atoms with van der Waals surface area (Å²) in [6.07, 6.45) is 5.22. The van der Waals surface area contributed by atoms with Crippen LogP contribution >= 0.6 is 0 Å². The van der Waals surface area contributed by atoms with Crippen molar-refractivity contribution in [1.29, 1.82) is 5.26 Å². The monoisotopic (exact) mass is 394 g/mol. The van der Waals surface area contributed by atoms with Crippen molar-refractivity contribution in [2.45, 2.75) is 58.2 Å². The fourth-order valence-corrected chi connectivity index (χ4v) is 4.13. The highest BCUT2D eigenvalue weighted by Gasteiger charge is 2.37. The van der Waals surface area contributed by atoms with E-state index in [2.05, 4.69) is 26.6 Å². The number of alkyl carbamates (subject to hydrolysis) is 1. The Balaban J connectivity index is 1.58. The van der Waals surface area contributed by atoms with Crippen LogP contribution in [0.1, 0.15) is 57.8 Å². The van der Waals surface area contributed by atoms with E-state index in [0.717, 1.165) is 47.7 Å². The number of aliphatic imine (C=N–C) groups is 1. The third-order valence-corrected chi connectivity index (χ3v) is 5.22. The van der Waals surface area contributed by atoms with Gasteiger partial charge in [-0.05, 0) is 46.6 Å². The van der Waals surface area contributed by atoms with Gasteiger partial charge in [-0.2, -0.15) is 5.26 Å². The number of rotatable bonds is 2. The predicted octanol–water partition coefficient (Wildman–Crippen LogP) is 3.27. The lowest BCUT2D eigenvalue weighted by Gasteiger charge is -2.36. The molecule has 1 amide bonds. The molecule has 4 rings (SSSR count). The first-order chi connectivity index (χ1) is 13.7. The molecule has 3 aliphatic heterocycles. The molecule has 2 N–H and O–H groups in total. The summed E-state index contributed by atoms with van der Waals surface area (Å²) >= 11 is 0. The van der Waals surface area contributed by atoms with Gasteiger partial charge in [-0.1, -0.05) is 0 Å². The second-order valence-corrected chi connectivity index (χ2v) is 8.72. The second-order valence-electron chi connectivity index (χ2n) is 8.72. The van der Waals surface area contributed by atoms with Crippen LogP contribution < -0.4 is 15.5 Å². The van der Waals surface area contributed by atoms with Crippen LogP contribution in [0.25, 0.3) is 0 Å². The number of aromatic nitrogens is 1. The Labute approximate surface area is 170 Å². The SMILES string of the molecule is CC1=NC2C(=C1)Nc1c(C#N)ncc(N3CCC[C@@H](NC(=O)OC(C)(C)C)C3)c12. The van der Waals surface area contributed by atoms with Crippen LogP contribution in [0.15, 0.2) is 23.0 Å². The van der Waals surface area contributed by atoms with Gasteiger partial charge in [0, 0.05) is 36.1 Å². The normalized spacial score (nSPS) is 22.7. The molecule has 0 saturated carbocycles. The first-order valence-electron chi connectivity index (χ1n) is 9.95. The molecule has 1 fully saturated rings. The molecule has 1 aromatic rings. The number of nitrogens with zero attached hydrogens (tertiary/aromatic N) is 4. The maximum atomic E-state index is 12.2. The fourth-order valence-electron chi connectivity index (χ4n) is 4.13. The van der Waals surface area contributed by atoms with Crippen molar-refractivity contribution in [2.75, 3.05) is 23.3 Å². The zero-order chi connectivity index (χ0) is 20.8. The van der Waals surface area contributed by atoms with Gasteiger partial charge in [0.1, 0.15) is 17.7 Å². The minimum absolute atomic E-state index is 0.0110. The largest absolute Gasteiger partial charge is 0.444 e. The summed E-state index contributed by atoms with van der Waals surface area (Å²) in [7, 11) is 0. The van der Waals surface area contributed by atoms with E-state index in [0.29, 0.717) is 12.2 Å². The van der Waals surface area contributed by atoms with E-state index >= 15 is 0 Å². The van der Waals surface area contributed by atoms with E-state index in [1.807, 2.05) is 33.8 Å². The Hall–Kier alpha value is -3.08. The molecule has 8 heteroatoms. The number of carbonyl (C=O) groups is 1. The van der Waals surface area contributed by atoms with Crippen LogP contribution in [0.5, 0.6) is 0 Å². The number of piperidine rings is 1. The van der Waals surface area contributed by atoms with Crippen molar-refractivity contribution in [2.24, 2.45) is 4.99 Å². The van der Waals surface area contributed by atoms with Crippen LogP contribution in [0, 0.1) is 11.3 Å². The molecule has 1 unspecified atom stereocenters. The quantitative estimate of drug-likeness (QED) is 0.798. The number of allylic oxidation sites excluding steroid dienone is 1. The number of carbonyl (C=O) groups excluding carboxylic acids is 1. The highest BCUT2D eigenvalue weighted by Crippen LogP contribution is 2.48. The summed E-state index contributed by atoms with van der Waals surface area (Å²) in [5.41, 5.74) is 4.53. The Morgan fingerprint density at radius 2 is 2.24 bits per heavy atom. The van der Waals surface area contributed by atoms with Gasteiger partial charge < -0.3 is 20.3 Å². The van der Waals surface area contributed by atoms with Crippen molar-refractivity contribution in [3.63, 3.8) is 0 Å². The number of anilines is 2. The number of hydrogen-bond donors (Lipinski definition) is 2. The summed E-state index contributed by atoms with van der Waals surface area (Å²) in [6, 6.07) is 2.05.